The Kier molecular flexibility index (Phi) is 3.38. The first kappa shape index (κ1) is 11.7. The smallest absolute Gasteiger partial charge is 0.0964 e. The second-order valence-electron chi connectivity index (χ2n) is 4.94. The van der Waals surface area contributed by atoms with E-state index in [2.05, 4.69) is 51.5 Å². The Bertz CT molecular complexity index is 289. The molecule has 14 heavy (non-hydrogen) atoms. The normalized spacial score (nSPS) is 25.4. The van der Waals surface area contributed by atoms with Gasteiger partial charge in [0.2, 0.25) is 0 Å². The van der Waals surface area contributed by atoms with Crippen LogP contribution in [0.1, 0.15) is 17.9 Å². The molecule has 0 spiro atoms. The van der Waals surface area contributed by atoms with Crippen LogP contribution in [0.5, 0.6) is 0 Å². The maximum atomic E-state index is 2.29. The molecule has 0 bridgehead atoms. The third-order valence-electron chi connectivity index (χ3n) is 2.98. The van der Waals surface area contributed by atoms with Gasteiger partial charge in [-0.15, -0.1) is 0 Å². The average molecular weight is 256 g/mol. The standard InChI is InChI=1S/C12H18N.BrH/c1-13(2,3)12-9-11(12)10-7-5-4-6-8-10;/h4-8,11-12H,9H2,1-3H3;1H/q+1;/p-1. The molecule has 1 nitrogen and oxygen atoms in total. The van der Waals surface area contributed by atoms with Gasteiger partial charge in [-0.3, -0.25) is 0 Å². The van der Waals surface area contributed by atoms with Gasteiger partial charge in [0.1, 0.15) is 0 Å². The van der Waals surface area contributed by atoms with Crippen LogP contribution < -0.4 is 17.0 Å². The van der Waals surface area contributed by atoms with E-state index >= 15 is 0 Å². The van der Waals surface area contributed by atoms with Crippen LogP contribution in [-0.4, -0.2) is 31.7 Å². The van der Waals surface area contributed by atoms with Gasteiger partial charge in [0, 0.05) is 12.3 Å². The Hall–Kier alpha value is -0.340. The fourth-order valence-corrected chi connectivity index (χ4v) is 2.10. The SMILES string of the molecule is C[N+](C)(C)C1CC1c1ccccc1.[Br-]. The fourth-order valence-electron chi connectivity index (χ4n) is 2.10. The van der Waals surface area contributed by atoms with Crippen LogP contribution in [0.3, 0.4) is 0 Å². The fraction of sp³-hybridized carbons (Fsp3) is 0.500. The molecule has 0 N–H and O–H groups in total. The van der Waals surface area contributed by atoms with Crippen LogP contribution in [-0.2, 0) is 0 Å². The highest BCUT2D eigenvalue weighted by Gasteiger charge is 2.48. The van der Waals surface area contributed by atoms with Crippen LogP contribution in [0, 0.1) is 0 Å². The van der Waals surface area contributed by atoms with E-state index in [1.807, 2.05) is 0 Å². The molecule has 0 amide bonds. The highest BCUT2D eigenvalue weighted by atomic mass is 79.9. The zero-order valence-electron chi connectivity index (χ0n) is 9.07. The van der Waals surface area contributed by atoms with E-state index in [1.54, 1.807) is 0 Å². The molecule has 1 fully saturated rings. The van der Waals surface area contributed by atoms with Crippen molar-refractivity contribution in [1.82, 2.24) is 0 Å². The van der Waals surface area contributed by atoms with E-state index in [-0.39, 0.29) is 17.0 Å². The lowest BCUT2D eigenvalue weighted by atomic mass is 10.1. The van der Waals surface area contributed by atoms with Crippen molar-refractivity contribution in [3.05, 3.63) is 35.9 Å². The van der Waals surface area contributed by atoms with Crippen molar-refractivity contribution < 1.29 is 21.5 Å². The minimum atomic E-state index is 0. The number of nitrogens with zero attached hydrogens (tertiary/aromatic N) is 1. The lowest BCUT2D eigenvalue weighted by Gasteiger charge is -2.24. The molecule has 0 radical (unpaired) electrons. The highest BCUT2D eigenvalue weighted by molar-refractivity contribution is 5.26. The van der Waals surface area contributed by atoms with Gasteiger partial charge in [-0.25, -0.2) is 0 Å². The second kappa shape index (κ2) is 4.03. The molecule has 0 heterocycles. The van der Waals surface area contributed by atoms with E-state index in [4.69, 9.17) is 0 Å². The first-order chi connectivity index (χ1) is 6.09. The van der Waals surface area contributed by atoms with Crippen molar-refractivity contribution in [2.75, 3.05) is 21.1 Å². The number of benzene rings is 1. The van der Waals surface area contributed by atoms with Crippen molar-refractivity contribution in [3.8, 4) is 0 Å². The quantitative estimate of drug-likeness (QED) is 0.611. The van der Waals surface area contributed by atoms with E-state index in [0.29, 0.717) is 0 Å². The van der Waals surface area contributed by atoms with Crippen molar-refractivity contribution >= 4 is 0 Å². The number of rotatable bonds is 2. The summed E-state index contributed by atoms with van der Waals surface area (Å²) in [5, 5.41) is 0. The largest absolute Gasteiger partial charge is 1.00 e. The monoisotopic (exact) mass is 255 g/mol. The summed E-state index contributed by atoms with van der Waals surface area (Å²) in [5.74, 6) is 0.807. The summed E-state index contributed by atoms with van der Waals surface area (Å²) in [6, 6.07) is 11.7. The second-order valence-corrected chi connectivity index (χ2v) is 4.94. The van der Waals surface area contributed by atoms with Crippen molar-refractivity contribution in [1.29, 1.82) is 0 Å². The molecule has 2 heteroatoms. The van der Waals surface area contributed by atoms with Crippen LogP contribution in [0.25, 0.3) is 0 Å². The highest BCUT2D eigenvalue weighted by Crippen LogP contribution is 2.45. The Morgan fingerprint density at radius 1 is 1.07 bits per heavy atom. The van der Waals surface area contributed by atoms with Crippen LogP contribution >= 0.6 is 0 Å². The zero-order valence-corrected chi connectivity index (χ0v) is 10.7. The molecule has 78 valence electrons. The molecule has 1 saturated carbocycles. The van der Waals surface area contributed by atoms with Crippen molar-refractivity contribution in [2.45, 2.75) is 18.4 Å². The van der Waals surface area contributed by atoms with E-state index in [1.165, 1.54) is 12.0 Å². The van der Waals surface area contributed by atoms with Crippen LogP contribution in [0.15, 0.2) is 30.3 Å². The summed E-state index contributed by atoms with van der Waals surface area (Å²) < 4.78 is 1.10. The minimum Gasteiger partial charge on any atom is -1.00 e. The molecule has 1 aromatic rings. The molecule has 2 rings (SSSR count). The Balaban J connectivity index is 0.000000980. The molecule has 1 aliphatic carbocycles. The average Bonchev–Trinajstić information content (AvgIpc) is 2.83. The number of hydrogen-bond donors (Lipinski definition) is 0. The summed E-state index contributed by atoms with van der Waals surface area (Å²) in [6.07, 6.45) is 1.35. The van der Waals surface area contributed by atoms with E-state index in [0.717, 1.165) is 16.4 Å². The van der Waals surface area contributed by atoms with Gasteiger partial charge in [-0.05, 0) is 5.56 Å². The molecule has 1 aliphatic rings. The predicted octanol–water partition coefficient (Wildman–Crippen LogP) is -0.747. The first-order valence-electron chi connectivity index (χ1n) is 4.95. The van der Waals surface area contributed by atoms with Gasteiger partial charge < -0.3 is 21.5 Å². The zero-order chi connectivity index (χ0) is 9.47. The van der Waals surface area contributed by atoms with Crippen molar-refractivity contribution in [2.24, 2.45) is 0 Å². The van der Waals surface area contributed by atoms with Gasteiger partial charge in [0.05, 0.1) is 27.2 Å². The van der Waals surface area contributed by atoms with Crippen molar-refractivity contribution in [3.63, 3.8) is 0 Å². The van der Waals surface area contributed by atoms with E-state index in [9.17, 15) is 0 Å². The molecule has 0 aromatic heterocycles. The van der Waals surface area contributed by atoms with Gasteiger partial charge in [0.15, 0.2) is 0 Å². The summed E-state index contributed by atoms with van der Waals surface area (Å²) >= 11 is 0. The third-order valence-corrected chi connectivity index (χ3v) is 2.98. The Morgan fingerprint density at radius 2 is 1.64 bits per heavy atom. The topological polar surface area (TPSA) is 0 Å². The molecule has 1 aromatic carbocycles. The minimum absolute atomic E-state index is 0. The van der Waals surface area contributed by atoms with Crippen LogP contribution in [0.2, 0.25) is 0 Å². The summed E-state index contributed by atoms with van der Waals surface area (Å²) in [4.78, 5) is 0. The number of likely N-dealkylation sites (N-methyl/N-ethyl adjacent to an activating group) is 1. The molecular weight excluding hydrogens is 238 g/mol. The molecule has 2 atom stereocenters. The predicted molar refractivity (Wildman–Crippen MR) is 55.6 cm³/mol. The molecule has 2 unspecified atom stereocenters. The van der Waals surface area contributed by atoms with Gasteiger partial charge in [-0.2, -0.15) is 0 Å². The van der Waals surface area contributed by atoms with E-state index < -0.39 is 0 Å². The number of halogens is 1. The molecule has 0 saturated heterocycles. The lowest BCUT2D eigenvalue weighted by Crippen LogP contribution is -3.00. The van der Waals surface area contributed by atoms with Gasteiger partial charge in [-0.1, -0.05) is 30.3 Å². The Morgan fingerprint density at radius 3 is 2.07 bits per heavy atom. The lowest BCUT2D eigenvalue weighted by molar-refractivity contribution is -0.882. The van der Waals surface area contributed by atoms with Crippen LogP contribution in [0.4, 0.5) is 0 Å². The first-order valence-corrected chi connectivity index (χ1v) is 4.95. The number of hydrogen-bond acceptors (Lipinski definition) is 0. The Labute approximate surface area is 97.1 Å². The summed E-state index contributed by atoms with van der Waals surface area (Å²) in [7, 11) is 6.86. The third kappa shape index (κ3) is 2.37. The van der Waals surface area contributed by atoms with Gasteiger partial charge >= 0.3 is 0 Å². The van der Waals surface area contributed by atoms with Gasteiger partial charge in [0.25, 0.3) is 0 Å². The number of quaternary nitrogens is 1. The molecular formula is C12H18BrN. The maximum absolute atomic E-state index is 2.29. The molecule has 0 aliphatic heterocycles. The maximum Gasteiger partial charge on any atom is 0.0964 e. The summed E-state index contributed by atoms with van der Waals surface area (Å²) in [6.45, 7) is 0. The summed E-state index contributed by atoms with van der Waals surface area (Å²) in [5.41, 5.74) is 1.51.